The number of carboxylic acid groups (broad SMARTS) is 5. The average Bonchev–Trinajstić information content (AvgIpc) is 2.79. The summed E-state index contributed by atoms with van der Waals surface area (Å²) in [6.45, 7) is -0.228. The Labute approximate surface area is 229 Å². The number of carbonyl (C=O) groups excluding carboxylic acids is 1. The van der Waals surface area contributed by atoms with Crippen LogP contribution in [-0.2, 0) is 28.8 Å². The fourth-order valence-corrected chi connectivity index (χ4v) is 3.54. The van der Waals surface area contributed by atoms with E-state index >= 15 is 0 Å². The van der Waals surface area contributed by atoms with E-state index in [1.807, 2.05) is 0 Å². The third kappa shape index (κ3) is 27.6. The molecule has 0 radical (unpaired) electrons. The van der Waals surface area contributed by atoms with Crippen LogP contribution in [0.25, 0.3) is 0 Å². The van der Waals surface area contributed by atoms with Gasteiger partial charge in [0.1, 0.15) is 6.54 Å². The van der Waals surface area contributed by atoms with Gasteiger partial charge in [-0.1, -0.05) is 58.3 Å². The van der Waals surface area contributed by atoms with Gasteiger partial charge in [0.15, 0.2) is 0 Å². The van der Waals surface area contributed by atoms with Crippen molar-refractivity contribution in [2.24, 2.45) is 0 Å². The van der Waals surface area contributed by atoms with Crippen LogP contribution in [0.1, 0.15) is 71.1 Å². The number of carboxylic acids is 5. The van der Waals surface area contributed by atoms with Gasteiger partial charge in [-0.25, -0.2) is 0 Å². The molecule has 14 nitrogen and oxygen atoms in total. The minimum absolute atomic E-state index is 0.0645. The Hall–Kier alpha value is -3.26. The first-order chi connectivity index (χ1) is 18.3. The molecule has 0 aliphatic heterocycles. The summed E-state index contributed by atoms with van der Waals surface area (Å²) < 4.78 is 0. The van der Waals surface area contributed by atoms with Crippen LogP contribution in [0.5, 0.6) is 0 Å². The van der Waals surface area contributed by atoms with Gasteiger partial charge in [0.05, 0.1) is 26.2 Å². The molecule has 5 N–H and O–H groups in total. The van der Waals surface area contributed by atoms with Crippen LogP contribution in [0.15, 0.2) is 0 Å². The van der Waals surface area contributed by atoms with Crippen LogP contribution in [0.4, 0.5) is 0 Å². The third-order valence-electron chi connectivity index (χ3n) is 5.46. The highest BCUT2D eigenvalue weighted by Crippen LogP contribution is 2.11. The van der Waals surface area contributed by atoms with Crippen molar-refractivity contribution in [1.29, 1.82) is 0 Å². The zero-order valence-corrected chi connectivity index (χ0v) is 23.0. The van der Waals surface area contributed by atoms with Gasteiger partial charge in [0.2, 0.25) is 5.91 Å². The van der Waals surface area contributed by atoms with Crippen molar-refractivity contribution in [1.82, 2.24) is 14.7 Å². The molecule has 0 fully saturated rings. The summed E-state index contributed by atoms with van der Waals surface area (Å²) in [5, 5.41) is 43.0. The maximum atomic E-state index is 11.5. The van der Waals surface area contributed by atoms with Gasteiger partial charge in [0, 0.05) is 26.6 Å². The molecule has 0 aliphatic carbocycles. The second kappa shape index (κ2) is 23.8. The third-order valence-corrected chi connectivity index (χ3v) is 5.46. The molecule has 0 rings (SSSR count). The second-order valence-electron chi connectivity index (χ2n) is 9.22. The Morgan fingerprint density at radius 3 is 1.10 bits per heavy atom. The molecule has 0 atom stereocenters. The Bertz CT molecular complexity index is 694. The Morgan fingerprint density at radius 2 is 0.795 bits per heavy atom. The molecular formula is C25H45N3O11. The number of amides is 1. The highest BCUT2D eigenvalue weighted by molar-refractivity contribution is 5.81. The van der Waals surface area contributed by atoms with E-state index < -0.39 is 56.0 Å². The topological polar surface area (TPSA) is 213 Å². The van der Waals surface area contributed by atoms with Gasteiger partial charge in [-0.2, -0.15) is 0 Å². The minimum atomic E-state index is -1.23. The fraction of sp³-hybridized carbons (Fsp3) is 0.760. The van der Waals surface area contributed by atoms with Crippen molar-refractivity contribution in [3.63, 3.8) is 0 Å². The monoisotopic (exact) mass is 563 g/mol. The number of likely N-dealkylation sites (N-methyl/N-ethyl adjacent to an activating group) is 1. The second-order valence-corrected chi connectivity index (χ2v) is 9.22. The first kappa shape index (κ1) is 37.9. The summed E-state index contributed by atoms with van der Waals surface area (Å²) in [6, 6.07) is 0. The number of carbonyl (C=O) groups is 6. The number of aliphatic carboxylic acids is 5. The molecule has 14 heteroatoms. The SMILES string of the molecule is CCCCCCCCCCCC(=O)N(C)CC(=O)O.O=C(O)CN(CCN(CC(=O)O)CC(=O)O)CC(=O)O. The minimum Gasteiger partial charge on any atom is -0.480 e. The van der Waals surface area contributed by atoms with Crippen LogP contribution in [0, 0.1) is 0 Å². The molecule has 1 amide bonds. The van der Waals surface area contributed by atoms with E-state index in [0.717, 1.165) is 22.6 Å². The smallest absolute Gasteiger partial charge is 0.323 e. The quantitative estimate of drug-likeness (QED) is 0.111. The largest absolute Gasteiger partial charge is 0.480 e. The van der Waals surface area contributed by atoms with Crippen LogP contribution in [-0.4, -0.2) is 129 Å². The van der Waals surface area contributed by atoms with Crippen molar-refractivity contribution in [2.45, 2.75) is 71.1 Å². The maximum Gasteiger partial charge on any atom is 0.323 e. The molecule has 226 valence electrons. The fourth-order valence-electron chi connectivity index (χ4n) is 3.54. The molecule has 0 aromatic carbocycles. The van der Waals surface area contributed by atoms with Crippen LogP contribution in [0.2, 0.25) is 0 Å². The summed E-state index contributed by atoms with van der Waals surface area (Å²) in [7, 11) is 1.55. The van der Waals surface area contributed by atoms with E-state index in [9.17, 15) is 28.8 Å². The lowest BCUT2D eigenvalue weighted by atomic mass is 10.1. The van der Waals surface area contributed by atoms with Crippen molar-refractivity contribution in [2.75, 3.05) is 52.9 Å². The van der Waals surface area contributed by atoms with E-state index in [1.54, 1.807) is 7.05 Å². The average molecular weight is 564 g/mol. The Balaban J connectivity index is 0. The van der Waals surface area contributed by atoms with E-state index in [1.165, 1.54) is 49.8 Å². The van der Waals surface area contributed by atoms with Crippen molar-refractivity contribution in [3.8, 4) is 0 Å². The van der Waals surface area contributed by atoms with Gasteiger partial charge in [0.25, 0.3) is 0 Å². The molecule has 0 aromatic rings. The summed E-state index contributed by atoms with van der Waals surface area (Å²) >= 11 is 0. The first-order valence-corrected chi connectivity index (χ1v) is 13.1. The summed E-state index contributed by atoms with van der Waals surface area (Å²) in [4.78, 5) is 67.6. The number of hydrogen-bond donors (Lipinski definition) is 5. The Morgan fingerprint density at radius 1 is 0.487 bits per heavy atom. The van der Waals surface area contributed by atoms with Gasteiger partial charge in [-0.15, -0.1) is 0 Å². The molecule has 0 heterocycles. The van der Waals surface area contributed by atoms with Gasteiger partial charge >= 0.3 is 29.8 Å². The number of unbranched alkanes of at least 4 members (excludes halogenated alkanes) is 8. The molecule has 0 unspecified atom stereocenters. The zero-order chi connectivity index (χ0) is 30.2. The molecule has 0 saturated heterocycles. The first-order valence-electron chi connectivity index (χ1n) is 13.1. The van der Waals surface area contributed by atoms with Crippen LogP contribution >= 0.6 is 0 Å². The molecule has 39 heavy (non-hydrogen) atoms. The van der Waals surface area contributed by atoms with Crippen LogP contribution in [0.3, 0.4) is 0 Å². The maximum absolute atomic E-state index is 11.5. The standard InChI is InChI=1S/C15H29NO3.C10H16N2O8/c1-3-4-5-6-7-8-9-10-11-12-14(17)16(2)13-15(18)19;13-7(14)3-11(4-8(15)16)1-2-12(5-9(17)18)6-10(19)20/h3-13H2,1-2H3,(H,18,19);1-6H2,(H,13,14)(H,15,16)(H,17,18)(H,19,20). The summed E-state index contributed by atoms with van der Waals surface area (Å²) in [6.07, 6.45) is 11.4. The number of nitrogens with zero attached hydrogens (tertiary/aromatic N) is 3. The van der Waals surface area contributed by atoms with Gasteiger partial charge in [-0.3, -0.25) is 38.6 Å². The number of rotatable bonds is 23. The summed E-state index contributed by atoms with van der Waals surface area (Å²) in [5.74, 6) is -5.93. The number of hydrogen-bond acceptors (Lipinski definition) is 8. The molecule has 0 spiro atoms. The highest BCUT2D eigenvalue weighted by Gasteiger charge is 2.18. The highest BCUT2D eigenvalue weighted by atomic mass is 16.4. The summed E-state index contributed by atoms with van der Waals surface area (Å²) in [5.41, 5.74) is 0. The van der Waals surface area contributed by atoms with E-state index in [2.05, 4.69) is 6.92 Å². The van der Waals surface area contributed by atoms with E-state index in [0.29, 0.717) is 6.42 Å². The zero-order valence-electron chi connectivity index (χ0n) is 23.0. The molecule has 0 bridgehead atoms. The lowest BCUT2D eigenvalue weighted by Crippen LogP contribution is -2.43. The van der Waals surface area contributed by atoms with Gasteiger partial charge < -0.3 is 30.4 Å². The van der Waals surface area contributed by atoms with Crippen molar-refractivity contribution in [3.05, 3.63) is 0 Å². The van der Waals surface area contributed by atoms with E-state index in [-0.39, 0.29) is 25.5 Å². The van der Waals surface area contributed by atoms with Crippen LogP contribution < -0.4 is 0 Å². The predicted molar refractivity (Wildman–Crippen MR) is 141 cm³/mol. The van der Waals surface area contributed by atoms with Gasteiger partial charge in [-0.05, 0) is 6.42 Å². The molecule has 0 aliphatic rings. The predicted octanol–water partition coefficient (Wildman–Crippen LogP) is 1.38. The lowest BCUT2D eigenvalue weighted by Gasteiger charge is -2.23. The van der Waals surface area contributed by atoms with Crippen molar-refractivity contribution >= 4 is 35.8 Å². The lowest BCUT2D eigenvalue weighted by molar-refractivity contribution is -0.145. The normalized spacial score (nSPS) is 10.6. The Kier molecular flexibility index (Phi) is 23.1. The molecular weight excluding hydrogens is 518 g/mol. The molecule has 0 aromatic heterocycles. The molecule has 0 saturated carbocycles. The van der Waals surface area contributed by atoms with Crippen molar-refractivity contribution < 1.29 is 54.3 Å². The van der Waals surface area contributed by atoms with E-state index in [4.69, 9.17) is 25.5 Å².